The standard InChI is InChI=1S/C15H24N2/c1-3-17(14-6-4-5-7-14)11-13-10-12(2)8-9-15(13)16/h8-10,14H,3-7,11,16H2,1-2H3. The molecule has 0 bridgehead atoms. The fourth-order valence-electron chi connectivity index (χ4n) is 2.86. The molecule has 94 valence electrons. The Balaban J connectivity index is 2.09. The van der Waals surface area contributed by atoms with E-state index in [1.54, 1.807) is 0 Å². The van der Waals surface area contributed by atoms with Gasteiger partial charge < -0.3 is 5.73 Å². The first-order valence-corrected chi connectivity index (χ1v) is 6.79. The average Bonchev–Trinajstić information content (AvgIpc) is 2.84. The Hall–Kier alpha value is -1.02. The van der Waals surface area contributed by atoms with Crippen molar-refractivity contribution in [1.29, 1.82) is 0 Å². The minimum Gasteiger partial charge on any atom is -0.398 e. The highest BCUT2D eigenvalue weighted by molar-refractivity contribution is 5.48. The van der Waals surface area contributed by atoms with Crippen LogP contribution in [0.25, 0.3) is 0 Å². The van der Waals surface area contributed by atoms with Gasteiger partial charge in [0.25, 0.3) is 0 Å². The fraction of sp³-hybridized carbons (Fsp3) is 0.600. The van der Waals surface area contributed by atoms with E-state index in [2.05, 4.69) is 30.9 Å². The monoisotopic (exact) mass is 232 g/mol. The first-order valence-electron chi connectivity index (χ1n) is 6.79. The van der Waals surface area contributed by atoms with Crippen LogP contribution in [0.4, 0.5) is 5.69 Å². The maximum Gasteiger partial charge on any atom is 0.0359 e. The van der Waals surface area contributed by atoms with Crippen molar-refractivity contribution in [3.63, 3.8) is 0 Å². The van der Waals surface area contributed by atoms with Crippen LogP contribution in [0, 0.1) is 6.92 Å². The molecular weight excluding hydrogens is 208 g/mol. The van der Waals surface area contributed by atoms with E-state index in [-0.39, 0.29) is 0 Å². The van der Waals surface area contributed by atoms with E-state index in [0.717, 1.165) is 24.8 Å². The number of nitrogens with zero attached hydrogens (tertiary/aromatic N) is 1. The number of hydrogen-bond acceptors (Lipinski definition) is 2. The largest absolute Gasteiger partial charge is 0.398 e. The van der Waals surface area contributed by atoms with E-state index < -0.39 is 0 Å². The van der Waals surface area contributed by atoms with E-state index in [0.29, 0.717) is 0 Å². The van der Waals surface area contributed by atoms with Gasteiger partial charge in [-0.1, -0.05) is 37.5 Å². The van der Waals surface area contributed by atoms with E-state index in [1.807, 2.05) is 6.07 Å². The molecule has 1 fully saturated rings. The summed E-state index contributed by atoms with van der Waals surface area (Å²) in [5, 5.41) is 0. The summed E-state index contributed by atoms with van der Waals surface area (Å²) in [7, 11) is 0. The van der Waals surface area contributed by atoms with Crippen LogP contribution in [0.3, 0.4) is 0 Å². The first kappa shape index (κ1) is 12.4. The van der Waals surface area contributed by atoms with Gasteiger partial charge in [-0.25, -0.2) is 0 Å². The minimum absolute atomic E-state index is 0.778. The second-order valence-electron chi connectivity index (χ2n) is 5.20. The number of nitrogens with two attached hydrogens (primary N) is 1. The zero-order valence-electron chi connectivity index (χ0n) is 11.1. The quantitative estimate of drug-likeness (QED) is 0.807. The molecule has 1 aromatic rings. The van der Waals surface area contributed by atoms with Crippen molar-refractivity contribution in [2.24, 2.45) is 0 Å². The molecule has 1 saturated carbocycles. The Bertz CT molecular complexity index is 367. The van der Waals surface area contributed by atoms with Crippen molar-refractivity contribution >= 4 is 5.69 Å². The Labute approximate surface area is 105 Å². The van der Waals surface area contributed by atoms with E-state index in [4.69, 9.17) is 5.73 Å². The van der Waals surface area contributed by atoms with E-state index in [1.165, 1.54) is 36.8 Å². The van der Waals surface area contributed by atoms with Crippen molar-refractivity contribution in [2.75, 3.05) is 12.3 Å². The summed E-state index contributed by atoms with van der Waals surface area (Å²) in [4.78, 5) is 2.58. The second kappa shape index (κ2) is 5.54. The highest BCUT2D eigenvalue weighted by Gasteiger charge is 2.21. The smallest absolute Gasteiger partial charge is 0.0359 e. The molecule has 0 radical (unpaired) electrons. The summed E-state index contributed by atoms with van der Waals surface area (Å²) < 4.78 is 0. The molecule has 0 unspecified atom stereocenters. The Morgan fingerprint density at radius 2 is 2.00 bits per heavy atom. The molecule has 1 aliphatic rings. The molecule has 0 atom stereocenters. The summed E-state index contributed by atoms with van der Waals surface area (Å²) in [5.41, 5.74) is 9.59. The molecule has 1 aliphatic carbocycles. The average molecular weight is 232 g/mol. The van der Waals surface area contributed by atoms with Crippen molar-refractivity contribution < 1.29 is 0 Å². The molecule has 0 aromatic heterocycles. The molecule has 0 saturated heterocycles. The highest BCUT2D eigenvalue weighted by Crippen LogP contribution is 2.26. The highest BCUT2D eigenvalue weighted by atomic mass is 15.1. The molecule has 0 spiro atoms. The lowest BCUT2D eigenvalue weighted by Gasteiger charge is -2.28. The summed E-state index contributed by atoms with van der Waals surface area (Å²) in [6.07, 6.45) is 5.51. The van der Waals surface area contributed by atoms with Gasteiger partial charge in [-0.3, -0.25) is 4.90 Å². The molecule has 0 heterocycles. The summed E-state index contributed by atoms with van der Waals surface area (Å²) in [5.74, 6) is 0. The maximum atomic E-state index is 6.06. The van der Waals surface area contributed by atoms with Gasteiger partial charge in [0, 0.05) is 18.3 Å². The van der Waals surface area contributed by atoms with Crippen molar-refractivity contribution in [1.82, 2.24) is 4.90 Å². The Morgan fingerprint density at radius 1 is 1.29 bits per heavy atom. The van der Waals surface area contributed by atoms with Crippen molar-refractivity contribution in [2.45, 2.75) is 52.1 Å². The first-order chi connectivity index (χ1) is 8.20. The zero-order valence-corrected chi connectivity index (χ0v) is 11.1. The lowest BCUT2D eigenvalue weighted by atomic mass is 10.1. The van der Waals surface area contributed by atoms with Gasteiger partial charge in [0.1, 0.15) is 0 Å². The van der Waals surface area contributed by atoms with E-state index >= 15 is 0 Å². The number of benzene rings is 1. The van der Waals surface area contributed by atoms with Crippen LogP contribution in [0.2, 0.25) is 0 Å². The topological polar surface area (TPSA) is 29.3 Å². The van der Waals surface area contributed by atoms with Crippen LogP contribution in [-0.2, 0) is 6.54 Å². The number of anilines is 1. The van der Waals surface area contributed by atoms with Gasteiger partial charge in [0.15, 0.2) is 0 Å². The van der Waals surface area contributed by atoms with Crippen LogP contribution in [0.15, 0.2) is 18.2 Å². The lowest BCUT2D eigenvalue weighted by molar-refractivity contribution is 0.200. The van der Waals surface area contributed by atoms with Crippen LogP contribution < -0.4 is 5.73 Å². The Morgan fingerprint density at radius 3 is 2.65 bits per heavy atom. The zero-order chi connectivity index (χ0) is 12.3. The molecule has 0 aliphatic heterocycles. The van der Waals surface area contributed by atoms with Crippen molar-refractivity contribution in [3.05, 3.63) is 29.3 Å². The normalized spacial score (nSPS) is 16.9. The number of nitrogen functional groups attached to an aromatic ring is 1. The third-order valence-electron chi connectivity index (χ3n) is 3.92. The van der Waals surface area contributed by atoms with Gasteiger partial charge in [-0.05, 0) is 37.9 Å². The number of aryl methyl sites for hydroxylation is 1. The van der Waals surface area contributed by atoms with Gasteiger partial charge in [0.2, 0.25) is 0 Å². The van der Waals surface area contributed by atoms with Gasteiger partial charge in [-0.2, -0.15) is 0 Å². The summed E-state index contributed by atoms with van der Waals surface area (Å²) in [6.45, 7) is 6.52. The summed E-state index contributed by atoms with van der Waals surface area (Å²) in [6, 6.07) is 7.13. The number of rotatable bonds is 4. The van der Waals surface area contributed by atoms with Crippen LogP contribution in [0.1, 0.15) is 43.7 Å². The van der Waals surface area contributed by atoms with E-state index in [9.17, 15) is 0 Å². The summed E-state index contributed by atoms with van der Waals surface area (Å²) >= 11 is 0. The van der Waals surface area contributed by atoms with Crippen LogP contribution >= 0.6 is 0 Å². The molecular formula is C15H24N2. The fourth-order valence-corrected chi connectivity index (χ4v) is 2.86. The molecule has 2 heteroatoms. The molecule has 2 nitrogen and oxygen atoms in total. The van der Waals surface area contributed by atoms with Crippen LogP contribution in [0.5, 0.6) is 0 Å². The molecule has 2 rings (SSSR count). The maximum absolute atomic E-state index is 6.06. The third-order valence-corrected chi connectivity index (χ3v) is 3.92. The number of hydrogen-bond donors (Lipinski definition) is 1. The molecule has 0 amide bonds. The van der Waals surface area contributed by atoms with Gasteiger partial charge in [-0.15, -0.1) is 0 Å². The van der Waals surface area contributed by atoms with Gasteiger partial charge >= 0.3 is 0 Å². The predicted molar refractivity (Wildman–Crippen MR) is 73.9 cm³/mol. The van der Waals surface area contributed by atoms with Crippen LogP contribution in [-0.4, -0.2) is 17.5 Å². The molecule has 2 N–H and O–H groups in total. The van der Waals surface area contributed by atoms with Gasteiger partial charge in [0.05, 0.1) is 0 Å². The Kier molecular flexibility index (Phi) is 4.06. The molecule has 1 aromatic carbocycles. The third kappa shape index (κ3) is 3.01. The lowest BCUT2D eigenvalue weighted by Crippen LogP contribution is -2.32. The predicted octanol–water partition coefficient (Wildman–Crippen LogP) is 3.34. The minimum atomic E-state index is 0.778. The molecule has 17 heavy (non-hydrogen) atoms. The van der Waals surface area contributed by atoms with Crippen molar-refractivity contribution in [3.8, 4) is 0 Å². The second-order valence-corrected chi connectivity index (χ2v) is 5.20. The SMILES string of the molecule is CCN(Cc1cc(C)ccc1N)C1CCCC1.